The molecule has 1 N–H and O–H groups in total. The fourth-order valence-electron chi connectivity index (χ4n) is 3.00. The van der Waals surface area contributed by atoms with Crippen LogP contribution in [0.1, 0.15) is 23.6 Å². The van der Waals surface area contributed by atoms with Crippen molar-refractivity contribution in [1.29, 1.82) is 0 Å². The highest BCUT2D eigenvalue weighted by molar-refractivity contribution is 5.55. The maximum Gasteiger partial charge on any atom is 0.227 e. The molecule has 4 rings (SSSR count). The van der Waals surface area contributed by atoms with E-state index in [1.807, 2.05) is 31.1 Å². The molecule has 7 nitrogen and oxygen atoms in total. The van der Waals surface area contributed by atoms with E-state index in [1.165, 1.54) is 12.0 Å². The van der Waals surface area contributed by atoms with Gasteiger partial charge in [0.2, 0.25) is 11.7 Å². The van der Waals surface area contributed by atoms with Gasteiger partial charge in [0.25, 0.3) is 0 Å². The molecule has 7 heteroatoms. The molecular formula is C19H22N6O. The fourth-order valence-corrected chi connectivity index (χ4v) is 3.00. The number of aryl methyl sites for hydroxylation is 3. The van der Waals surface area contributed by atoms with Gasteiger partial charge in [0.05, 0.1) is 0 Å². The number of hydrogen-bond acceptors (Lipinski definition) is 7. The molecule has 26 heavy (non-hydrogen) atoms. The maximum absolute atomic E-state index is 5.39. The van der Waals surface area contributed by atoms with Crippen LogP contribution in [-0.2, 0) is 19.3 Å². The summed E-state index contributed by atoms with van der Waals surface area (Å²) in [5.41, 5.74) is 3.19. The summed E-state index contributed by atoms with van der Waals surface area (Å²) < 4.78 is 5.39. The number of pyridine rings is 2. The second-order valence-corrected chi connectivity index (χ2v) is 6.65. The van der Waals surface area contributed by atoms with Crippen LogP contribution in [0.25, 0.3) is 11.4 Å². The van der Waals surface area contributed by atoms with E-state index in [0.29, 0.717) is 18.1 Å². The molecule has 0 unspecified atom stereocenters. The van der Waals surface area contributed by atoms with Gasteiger partial charge >= 0.3 is 0 Å². The third kappa shape index (κ3) is 3.51. The summed E-state index contributed by atoms with van der Waals surface area (Å²) in [6.45, 7) is 0.997. The lowest BCUT2D eigenvalue weighted by atomic mass is 10.1. The van der Waals surface area contributed by atoms with Crippen LogP contribution in [-0.4, -0.2) is 40.7 Å². The second-order valence-electron chi connectivity index (χ2n) is 6.65. The standard InChI is InChI=1S/C19H22N6O/c1-25(2)16-9-6-14(12-21-16)19-23-17(26-24-19)10-8-15-7-5-13-4-3-11-20-18(13)22-15/h5-7,9,12H,3-4,8,10-11H2,1-2H3,(H,20,22). The van der Waals surface area contributed by atoms with E-state index < -0.39 is 0 Å². The molecule has 0 aromatic carbocycles. The van der Waals surface area contributed by atoms with Gasteiger partial charge in [0, 0.05) is 44.5 Å². The molecule has 1 aliphatic rings. The molecule has 0 amide bonds. The largest absolute Gasteiger partial charge is 0.370 e. The molecule has 0 aliphatic carbocycles. The highest BCUT2D eigenvalue weighted by atomic mass is 16.5. The van der Waals surface area contributed by atoms with Crippen molar-refractivity contribution in [2.75, 3.05) is 30.9 Å². The Hall–Kier alpha value is -2.96. The summed E-state index contributed by atoms with van der Waals surface area (Å²) in [5.74, 6) is 3.10. The summed E-state index contributed by atoms with van der Waals surface area (Å²) >= 11 is 0. The summed E-state index contributed by atoms with van der Waals surface area (Å²) in [5, 5.41) is 7.44. The maximum atomic E-state index is 5.39. The van der Waals surface area contributed by atoms with Crippen LogP contribution >= 0.6 is 0 Å². The van der Waals surface area contributed by atoms with Crippen molar-refractivity contribution in [2.45, 2.75) is 25.7 Å². The number of nitrogens with one attached hydrogen (secondary N) is 1. The van der Waals surface area contributed by atoms with Gasteiger partial charge in [-0.05, 0) is 43.0 Å². The number of rotatable bonds is 5. The van der Waals surface area contributed by atoms with Gasteiger partial charge in [-0.15, -0.1) is 0 Å². The van der Waals surface area contributed by atoms with E-state index in [9.17, 15) is 0 Å². The molecule has 3 aromatic heterocycles. The molecule has 134 valence electrons. The van der Waals surface area contributed by atoms with Crippen LogP contribution in [0.4, 0.5) is 11.6 Å². The lowest BCUT2D eigenvalue weighted by Crippen LogP contribution is -2.14. The Morgan fingerprint density at radius 2 is 2.04 bits per heavy atom. The Labute approximate surface area is 152 Å². The number of fused-ring (bicyclic) bond motifs is 1. The summed E-state index contributed by atoms with van der Waals surface area (Å²) in [6, 6.07) is 8.15. The minimum Gasteiger partial charge on any atom is -0.370 e. The van der Waals surface area contributed by atoms with Crippen molar-refractivity contribution in [3.05, 3.63) is 47.6 Å². The molecule has 3 aromatic rings. The SMILES string of the molecule is CN(C)c1ccc(-c2noc(CCc3ccc4c(n3)NCCC4)n2)cn1. The van der Waals surface area contributed by atoms with Gasteiger partial charge in [-0.1, -0.05) is 11.2 Å². The quantitative estimate of drug-likeness (QED) is 0.758. The summed E-state index contributed by atoms with van der Waals surface area (Å²) in [4.78, 5) is 15.5. The molecule has 0 atom stereocenters. The first-order valence-electron chi connectivity index (χ1n) is 8.88. The van der Waals surface area contributed by atoms with Gasteiger partial charge < -0.3 is 14.7 Å². The molecule has 0 saturated carbocycles. The van der Waals surface area contributed by atoms with Crippen LogP contribution in [0.2, 0.25) is 0 Å². The van der Waals surface area contributed by atoms with Crippen molar-refractivity contribution < 1.29 is 4.52 Å². The van der Waals surface area contributed by atoms with E-state index in [0.717, 1.165) is 42.3 Å². The number of hydrogen-bond donors (Lipinski definition) is 1. The van der Waals surface area contributed by atoms with E-state index >= 15 is 0 Å². The average molecular weight is 350 g/mol. The van der Waals surface area contributed by atoms with Crippen molar-refractivity contribution in [3.8, 4) is 11.4 Å². The van der Waals surface area contributed by atoms with E-state index in [2.05, 4.69) is 32.6 Å². The first-order valence-corrected chi connectivity index (χ1v) is 8.88. The first-order chi connectivity index (χ1) is 12.7. The zero-order chi connectivity index (χ0) is 17.9. The molecule has 0 saturated heterocycles. The first kappa shape index (κ1) is 16.5. The minimum absolute atomic E-state index is 0.567. The van der Waals surface area contributed by atoms with Gasteiger partial charge in [-0.25, -0.2) is 9.97 Å². The van der Waals surface area contributed by atoms with Crippen LogP contribution < -0.4 is 10.2 Å². The van der Waals surface area contributed by atoms with Crippen molar-refractivity contribution in [3.63, 3.8) is 0 Å². The Morgan fingerprint density at radius 3 is 2.85 bits per heavy atom. The highest BCUT2D eigenvalue weighted by Crippen LogP contribution is 2.21. The monoisotopic (exact) mass is 350 g/mol. The Kier molecular flexibility index (Phi) is 4.51. The molecule has 0 radical (unpaired) electrons. The van der Waals surface area contributed by atoms with Crippen molar-refractivity contribution in [2.24, 2.45) is 0 Å². The third-order valence-electron chi connectivity index (χ3n) is 4.48. The third-order valence-corrected chi connectivity index (χ3v) is 4.48. The highest BCUT2D eigenvalue weighted by Gasteiger charge is 2.13. The average Bonchev–Trinajstić information content (AvgIpc) is 3.15. The number of nitrogens with zero attached hydrogens (tertiary/aromatic N) is 5. The van der Waals surface area contributed by atoms with Gasteiger partial charge in [0.1, 0.15) is 11.6 Å². The smallest absolute Gasteiger partial charge is 0.227 e. The van der Waals surface area contributed by atoms with Gasteiger partial charge in [0.15, 0.2) is 0 Å². The Balaban J connectivity index is 1.42. The number of aromatic nitrogens is 4. The second kappa shape index (κ2) is 7.11. The van der Waals surface area contributed by atoms with Crippen molar-refractivity contribution >= 4 is 11.6 Å². The zero-order valence-corrected chi connectivity index (χ0v) is 15.1. The van der Waals surface area contributed by atoms with Crippen LogP contribution in [0.15, 0.2) is 35.0 Å². The fraction of sp³-hybridized carbons (Fsp3) is 0.368. The molecule has 4 heterocycles. The molecule has 1 aliphatic heterocycles. The molecule has 0 bridgehead atoms. The van der Waals surface area contributed by atoms with Gasteiger partial charge in [-0.3, -0.25) is 0 Å². The van der Waals surface area contributed by atoms with E-state index in [1.54, 1.807) is 6.20 Å². The molecule has 0 fully saturated rings. The molecule has 0 spiro atoms. The van der Waals surface area contributed by atoms with Crippen LogP contribution in [0, 0.1) is 0 Å². The predicted octanol–water partition coefficient (Wildman–Crippen LogP) is 2.74. The predicted molar refractivity (Wildman–Crippen MR) is 100 cm³/mol. The van der Waals surface area contributed by atoms with Crippen LogP contribution in [0.3, 0.4) is 0 Å². The Morgan fingerprint density at radius 1 is 1.12 bits per heavy atom. The zero-order valence-electron chi connectivity index (χ0n) is 15.1. The topological polar surface area (TPSA) is 80.0 Å². The minimum atomic E-state index is 0.567. The normalized spacial score (nSPS) is 13.2. The van der Waals surface area contributed by atoms with E-state index in [-0.39, 0.29) is 0 Å². The van der Waals surface area contributed by atoms with Gasteiger partial charge in [-0.2, -0.15) is 4.98 Å². The Bertz CT molecular complexity index is 887. The lowest BCUT2D eigenvalue weighted by Gasteiger charge is -2.17. The van der Waals surface area contributed by atoms with Crippen molar-refractivity contribution in [1.82, 2.24) is 20.1 Å². The lowest BCUT2D eigenvalue weighted by molar-refractivity contribution is 0.378. The summed E-state index contributed by atoms with van der Waals surface area (Å²) in [6.07, 6.45) is 5.48. The van der Waals surface area contributed by atoms with Crippen LogP contribution in [0.5, 0.6) is 0 Å². The summed E-state index contributed by atoms with van der Waals surface area (Å²) in [7, 11) is 3.91. The molecular weight excluding hydrogens is 328 g/mol. The van der Waals surface area contributed by atoms with E-state index in [4.69, 9.17) is 9.51 Å². The number of anilines is 2.